The number of carbonyl (C=O) groups is 1. The van der Waals surface area contributed by atoms with E-state index in [1.54, 1.807) is 6.07 Å². The third kappa shape index (κ3) is 4.04. The minimum absolute atomic E-state index is 0.188. The Balaban J connectivity index is 2.06. The van der Waals surface area contributed by atoms with Gasteiger partial charge in [0.1, 0.15) is 0 Å². The Morgan fingerprint density at radius 1 is 1.04 bits per heavy atom. The average Bonchev–Trinajstić information content (AvgIpc) is 2.60. The van der Waals surface area contributed by atoms with E-state index in [0.29, 0.717) is 24.0 Å². The molecule has 1 N–H and O–H groups in total. The molecule has 0 aliphatic carbocycles. The van der Waals surface area contributed by atoms with Crippen molar-refractivity contribution in [3.05, 3.63) is 58.4 Å². The van der Waals surface area contributed by atoms with Crippen LogP contribution in [0.2, 0.25) is 0 Å². The highest BCUT2D eigenvalue weighted by atomic mass is 19.2. The lowest BCUT2D eigenvalue weighted by Crippen LogP contribution is -2.27. The molecule has 0 aliphatic rings. The van der Waals surface area contributed by atoms with Crippen molar-refractivity contribution in [1.82, 2.24) is 5.32 Å². The first kappa shape index (κ1) is 18.6. The molecule has 2 aromatic rings. The Hall–Kier alpha value is -2.70. The molecule has 0 saturated heterocycles. The number of ether oxygens (including phenoxy) is 2. The maximum Gasteiger partial charge on any atom is 0.254 e. The number of rotatable bonds is 6. The van der Waals surface area contributed by atoms with Crippen molar-refractivity contribution in [2.24, 2.45) is 0 Å². The van der Waals surface area contributed by atoms with Crippen molar-refractivity contribution in [2.45, 2.75) is 13.3 Å². The Bertz CT molecular complexity index is 794. The molecule has 0 saturated carbocycles. The van der Waals surface area contributed by atoms with Crippen molar-refractivity contribution in [3.63, 3.8) is 0 Å². The van der Waals surface area contributed by atoms with Gasteiger partial charge in [-0.05, 0) is 48.7 Å². The molecule has 0 heterocycles. The third-order valence-corrected chi connectivity index (χ3v) is 3.80. The summed E-state index contributed by atoms with van der Waals surface area (Å²) in [4.78, 5) is 11.9. The molecule has 2 aromatic carbocycles. The van der Waals surface area contributed by atoms with Crippen LogP contribution in [0, 0.1) is 24.4 Å². The van der Waals surface area contributed by atoms with Crippen LogP contribution in [0.15, 0.2) is 24.3 Å². The van der Waals surface area contributed by atoms with Crippen LogP contribution >= 0.6 is 0 Å². The minimum Gasteiger partial charge on any atom is -0.493 e. The van der Waals surface area contributed by atoms with Crippen LogP contribution in [-0.4, -0.2) is 26.7 Å². The van der Waals surface area contributed by atoms with Crippen molar-refractivity contribution >= 4 is 5.91 Å². The molecule has 0 unspecified atom stereocenters. The summed E-state index contributed by atoms with van der Waals surface area (Å²) in [7, 11) is 3.05. The van der Waals surface area contributed by atoms with Gasteiger partial charge in [-0.2, -0.15) is 0 Å². The predicted molar refractivity (Wildman–Crippen MR) is 86.6 cm³/mol. The first-order chi connectivity index (χ1) is 11.9. The molecular weight excluding hydrogens is 335 g/mol. The number of benzene rings is 2. The Labute approximate surface area is 143 Å². The molecule has 0 radical (unpaired) electrons. The Morgan fingerprint density at radius 3 is 2.32 bits per heavy atom. The van der Waals surface area contributed by atoms with E-state index in [2.05, 4.69) is 5.32 Å². The van der Waals surface area contributed by atoms with E-state index in [1.807, 2.05) is 13.0 Å². The molecule has 134 valence electrons. The summed E-state index contributed by atoms with van der Waals surface area (Å²) in [6, 6.07) is 5.22. The van der Waals surface area contributed by atoms with Crippen LogP contribution in [0.5, 0.6) is 11.5 Å². The average molecular weight is 353 g/mol. The van der Waals surface area contributed by atoms with Crippen molar-refractivity contribution in [2.75, 3.05) is 20.8 Å². The number of methoxy groups -OCH3 is 2. The first-order valence-corrected chi connectivity index (χ1v) is 7.52. The number of carbonyl (C=O) groups excluding carboxylic acids is 1. The molecule has 0 atom stereocenters. The summed E-state index contributed by atoms with van der Waals surface area (Å²) in [5.41, 5.74) is 1.30. The second-order valence-electron chi connectivity index (χ2n) is 5.36. The largest absolute Gasteiger partial charge is 0.493 e. The topological polar surface area (TPSA) is 47.6 Å². The van der Waals surface area contributed by atoms with Gasteiger partial charge in [-0.3, -0.25) is 4.79 Å². The molecule has 1 amide bonds. The highest BCUT2D eigenvalue weighted by Gasteiger charge is 2.18. The fraction of sp³-hybridized carbons (Fsp3) is 0.278. The van der Waals surface area contributed by atoms with Crippen LogP contribution < -0.4 is 14.8 Å². The van der Waals surface area contributed by atoms with Crippen LogP contribution in [0.3, 0.4) is 0 Å². The third-order valence-electron chi connectivity index (χ3n) is 3.80. The van der Waals surface area contributed by atoms with Gasteiger partial charge in [-0.1, -0.05) is 0 Å². The number of nitrogens with one attached hydrogen (secondary N) is 1. The normalized spacial score (nSPS) is 10.5. The zero-order valence-corrected chi connectivity index (χ0v) is 14.1. The summed E-state index contributed by atoms with van der Waals surface area (Å²) in [6.45, 7) is 2.07. The molecule has 0 aromatic heterocycles. The molecule has 0 bridgehead atoms. The van der Waals surface area contributed by atoms with Crippen molar-refractivity contribution in [3.8, 4) is 11.5 Å². The highest BCUT2D eigenvalue weighted by molar-refractivity contribution is 5.94. The van der Waals surface area contributed by atoms with Gasteiger partial charge in [0.05, 0.1) is 19.8 Å². The lowest BCUT2D eigenvalue weighted by molar-refractivity contribution is 0.0949. The summed E-state index contributed by atoms with van der Waals surface area (Å²) in [5.74, 6) is -4.16. The summed E-state index contributed by atoms with van der Waals surface area (Å²) in [6.07, 6.45) is 0.448. The van der Waals surface area contributed by atoms with E-state index < -0.39 is 28.9 Å². The van der Waals surface area contributed by atoms with Gasteiger partial charge < -0.3 is 14.8 Å². The number of hydrogen-bond donors (Lipinski definition) is 1. The molecule has 25 heavy (non-hydrogen) atoms. The lowest BCUT2D eigenvalue weighted by atomic mass is 10.0. The zero-order chi connectivity index (χ0) is 18.6. The van der Waals surface area contributed by atoms with Gasteiger partial charge in [0.25, 0.3) is 5.91 Å². The van der Waals surface area contributed by atoms with E-state index in [-0.39, 0.29) is 6.54 Å². The second kappa shape index (κ2) is 7.92. The number of aryl methyl sites for hydroxylation is 1. The van der Waals surface area contributed by atoms with Crippen LogP contribution in [0.1, 0.15) is 21.5 Å². The quantitative estimate of drug-likeness (QED) is 0.810. The van der Waals surface area contributed by atoms with E-state index in [4.69, 9.17) is 9.47 Å². The molecule has 7 heteroatoms. The van der Waals surface area contributed by atoms with Gasteiger partial charge in [0, 0.05) is 6.54 Å². The smallest absolute Gasteiger partial charge is 0.254 e. The standard InChI is InChI=1S/C18H18F3NO3/c1-10-8-14(24-2)15(25-3)9-11(10)6-7-22-18(23)12-4-5-13(19)17(21)16(12)20/h4-5,8-9H,6-7H2,1-3H3,(H,22,23). The summed E-state index contributed by atoms with van der Waals surface area (Å²) >= 11 is 0. The fourth-order valence-electron chi connectivity index (χ4n) is 2.40. The molecule has 0 fully saturated rings. The van der Waals surface area contributed by atoms with Gasteiger partial charge in [0.2, 0.25) is 0 Å². The van der Waals surface area contributed by atoms with E-state index >= 15 is 0 Å². The summed E-state index contributed by atoms with van der Waals surface area (Å²) in [5, 5.41) is 2.49. The zero-order valence-electron chi connectivity index (χ0n) is 14.1. The maximum absolute atomic E-state index is 13.6. The summed E-state index contributed by atoms with van der Waals surface area (Å²) < 4.78 is 50.1. The minimum atomic E-state index is -1.66. The SMILES string of the molecule is COc1cc(C)c(CCNC(=O)c2ccc(F)c(F)c2F)cc1OC. The van der Waals surface area contributed by atoms with Gasteiger partial charge >= 0.3 is 0 Å². The predicted octanol–water partition coefficient (Wildman–Crippen LogP) is 3.40. The Kier molecular flexibility index (Phi) is 5.90. The maximum atomic E-state index is 13.6. The monoisotopic (exact) mass is 353 g/mol. The molecule has 0 spiro atoms. The van der Waals surface area contributed by atoms with Gasteiger partial charge in [0.15, 0.2) is 29.0 Å². The van der Waals surface area contributed by atoms with Crippen molar-refractivity contribution < 1.29 is 27.4 Å². The van der Waals surface area contributed by atoms with E-state index in [1.165, 1.54) is 14.2 Å². The number of hydrogen-bond acceptors (Lipinski definition) is 3. The molecular formula is C18H18F3NO3. The van der Waals surface area contributed by atoms with Gasteiger partial charge in [-0.25, -0.2) is 13.2 Å². The van der Waals surface area contributed by atoms with E-state index in [0.717, 1.165) is 17.2 Å². The lowest BCUT2D eigenvalue weighted by Gasteiger charge is -2.13. The highest BCUT2D eigenvalue weighted by Crippen LogP contribution is 2.30. The van der Waals surface area contributed by atoms with Crippen LogP contribution in [-0.2, 0) is 6.42 Å². The number of amides is 1. The number of halogens is 3. The second-order valence-corrected chi connectivity index (χ2v) is 5.36. The fourth-order valence-corrected chi connectivity index (χ4v) is 2.40. The van der Waals surface area contributed by atoms with Gasteiger partial charge in [-0.15, -0.1) is 0 Å². The molecule has 2 rings (SSSR count). The molecule has 0 aliphatic heterocycles. The van der Waals surface area contributed by atoms with Crippen molar-refractivity contribution in [1.29, 1.82) is 0 Å². The Morgan fingerprint density at radius 2 is 1.68 bits per heavy atom. The van der Waals surface area contributed by atoms with Crippen LogP contribution in [0.25, 0.3) is 0 Å². The molecule has 4 nitrogen and oxygen atoms in total. The van der Waals surface area contributed by atoms with Crippen LogP contribution in [0.4, 0.5) is 13.2 Å². The first-order valence-electron chi connectivity index (χ1n) is 7.52. The van der Waals surface area contributed by atoms with E-state index in [9.17, 15) is 18.0 Å².